The van der Waals surface area contributed by atoms with Crippen LogP contribution in [0, 0.1) is 0 Å². The van der Waals surface area contributed by atoms with Crippen molar-refractivity contribution in [3.05, 3.63) is 17.2 Å². The van der Waals surface area contributed by atoms with Crippen LogP contribution in [-0.2, 0) is 4.74 Å². The molecule has 0 saturated carbocycles. The van der Waals surface area contributed by atoms with E-state index in [9.17, 15) is 0 Å². The van der Waals surface area contributed by atoms with Crippen molar-refractivity contribution >= 4 is 25.3 Å². The fourth-order valence-corrected chi connectivity index (χ4v) is 3.08. The first-order chi connectivity index (χ1) is 6.40. The van der Waals surface area contributed by atoms with Crippen LogP contribution < -0.4 is 4.90 Å². The summed E-state index contributed by atoms with van der Waals surface area (Å²) >= 11 is 0.404. The average molecular weight is 243 g/mol. The Labute approximate surface area is 83.8 Å². The maximum atomic E-state index is 5.29. The molecule has 4 heteroatoms. The van der Waals surface area contributed by atoms with Crippen LogP contribution in [0.15, 0.2) is 11.5 Å². The van der Waals surface area contributed by atoms with Crippen molar-refractivity contribution in [3.63, 3.8) is 0 Å². The Bertz CT molecular complexity index is 292. The molecule has 13 heavy (non-hydrogen) atoms. The predicted molar refractivity (Wildman–Crippen MR) is 54.3 cm³/mol. The number of nitrogens with zero attached hydrogens (tertiary/aromatic N) is 2. The first kappa shape index (κ1) is 9.00. The zero-order chi connectivity index (χ0) is 9.10. The van der Waals surface area contributed by atoms with Crippen LogP contribution in [0.1, 0.15) is 5.69 Å². The molecule has 0 radical (unpaired) electrons. The minimum atomic E-state index is 0.404. The zero-order valence-corrected chi connectivity index (χ0v) is 9.11. The molecule has 2 heterocycles. The van der Waals surface area contributed by atoms with E-state index in [0.717, 1.165) is 32.0 Å². The molecule has 0 amide bonds. The Morgan fingerprint density at radius 3 is 2.92 bits per heavy atom. The van der Waals surface area contributed by atoms with Gasteiger partial charge in [-0.25, -0.2) is 0 Å². The molecule has 0 bridgehead atoms. The molecule has 3 nitrogen and oxygen atoms in total. The summed E-state index contributed by atoms with van der Waals surface area (Å²) in [5.41, 5.74) is 1.03. The molecular weight excluding hydrogens is 231 g/mol. The first-order valence-corrected chi connectivity index (χ1v) is 6.15. The molecule has 70 valence electrons. The molecule has 1 saturated heterocycles. The zero-order valence-electron chi connectivity index (χ0n) is 7.40. The number of hydrogen-bond acceptors (Lipinski definition) is 3. The summed E-state index contributed by atoms with van der Waals surface area (Å²) in [6.07, 6.45) is 1.81. The SMILES string of the molecule is C=Cc1c[se]c(N2CCOCC2)n1. The minimum absolute atomic E-state index is 0.404. The summed E-state index contributed by atoms with van der Waals surface area (Å²) in [5, 5.41) is 0. The van der Waals surface area contributed by atoms with Crippen LogP contribution in [0.5, 0.6) is 0 Å². The molecule has 1 aromatic heterocycles. The normalized spacial score (nSPS) is 17.4. The molecule has 1 aliphatic heterocycles. The van der Waals surface area contributed by atoms with Crippen molar-refractivity contribution in [2.75, 3.05) is 31.2 Å². The van der Waals surface area contributed by atoms with Crippen molar-refractivity contribution in [1.82, 2.24) is 4.98 Å². The van der Waals surface area contributed by atoms with Crippen molar-refractivity contribution in [2.24, 2.45) is 0 Å². The quantitative estimate of drug-likeness (QED) is 0.712. The van der Waals surface area contributed by atoms with Crippen molar-refractivity contribution in [1.29, 1.82) is 0 Å². The summed E-state index contributed by atoms with van der Waals surface area (Å²) in [7, 11) is 0. The van der Waals surface area contributed by atoms with Crippen LogP contribution in [0.3, 0.4) is 0 Å². The summed E-state index contributed by atoms with van der Waals surface area (Å²) in [4.78, 5) is 8.98. The fourth-order valence-electron chi connectivity index (χ4n) is 1.27. The van der Waals surface area contributed by atoms with Crippen LogP contribution >= 0.6 is 0 Å². The van der Waals surface area contributed by atoms with Gasteiger partial charge in [0.1, 0.15) is 0 Å². The van der Waals surface area contributed by atoms with Crippen LogP contribution in [0.25, 0.3) is 6.08 Å². The Kier molecular flexibility index (Phi) is 2.83. The second-order valence-electron chi connectivity index (χ2n) is 2.86. The Morgan fingerprint density at radius 1 is 1.54 bits per heavy atom. The van der Waals surface area contributed by atoms with Crippen LogP contribution in [0.2, 0.25) is 0 Å². The molecule has 2 rings (SSSR count). The van der Waals surface area contributed by atoms with Gasteiger partial charge in [0.05, 0.1) is 0 Å². The summed E-state index contributed by atoms with van der Waals surface area (Å²) in [6.45, 7) is 7.35. The summed E-state index contributed by atoms with van der Waals surface area (Å²) in [6, 6.07) is 0. The third-order valence-electron chi connectivity index (χ3n) is 2.00. The van der Waals surface area contributed by atoms with E-state index in [1.165, 1.54) is 4.69 Å². The molecule has 0 N–H and O–H groups in total. The molecule has 0 unspecified atom stereocenters. The maximum absolute atomic E-state index is 5.29. The van der Waals surface area contributed by atoms with Gasteiger partial charge in [-0.05, 0) is 0 Å². The van der Waals surface area contributed by atoms with Gasteiger partial charge in [-0.1, -0.05) is 0 Å². The van der Waals surface area contributed by atoms with Crippen molar-refractivity contribution < 1.29 is 4.74 Å². The van der Waals surface area contributed by atoms with E-state index in [1.54, 1.807) is 0 Å². The number of morpholine rings is 1. The summed E-state index contributed by atoms with van der Waals surface area (Å²) < 4.78 is 6.51. The van der Waals surface area contributed by atoms with Gasteiger partial charge in [0.25, 0.3) is 0 Å². The topological polar surface area (TPSA) is 25.4 Å². The van der Waals surface area contributed by atoms with E-state index >= 15 is 0 Å². The number of ether oxygens (including phenoxy) is 1. The van der Waals surface area contributed by atoms with Gasteiger partial charge in [0, 0.05) is 0 Å². The number of anilines is 1. The molecular formula is C9H12N2OSe. The average Bonchev–Trinajstić information content (AvgIpc) is 2.67. The fraction of sp³-hybridized carbons (Fsp3) is 0.444. The molecule has 0 aromatic carbocycles. The third kappa shape index (κ3) is 2.02. The Balaban J connectivity index is 2.09. The molecule has 0 aliphatic carbocycles. The van der Waals surface area contributed by atoms with Gasteiger partial charge in [-0.2, -0.15) is 0 Å². The van der Waals surface area contributed by atoms with E-state index in [-0.39, 0.29) is 0 Å². The Morgan fingerprint density at radius 2 is 2.31 bits per heavy atom. The number of aromatic nitrogens is 1. The van der Waals surface area contributed by atoms with E-state index in [2.05, 4.69) is 21.4 Å². The van der Waals surface area contributed by atoms with E-state index in [0.29, 0.717) is 14.5 Å². The van der Waals surface area contributed by atoms with E-state index in [1.807, 2.05) is 6.08 Å². The van der Waals surface area contributed by atoms with Crippen LogP contribution in [0.4, 0.5) is 4.69 Å². The molecule has 1 aliphatic rings. The number of rotatable bonds is 2. The second kappa shape index (κ2) is 4.09. The Hall–Kier alpha value is -0.571. The van der Waals surface area contributed by atoms with Crippen LogP contribution in [-0.4, -0.2) is 45.8 Å². The number of hydrogen-bond donors (Lipinski definition) is 0. The standard InChI is InChI=1S/C9H12N2OSe/c1-2-8-7-13-9(10-8)11-3-5-12-6-4-11/h2,7H,1,3-6H2. The van der Waals surface area contributed by atoms with Gasteiger partial charge in [0.15, 0.2) is 0 Å². The first-order valence-electron chi connectivity index (χ1n) is 4.31. The monoisotopic (exact) mass is 244 g/mol. The van der Waals surface area contributed by atoms with Gasteiger partial charge < -0.3 is 0 Å². The second-order valence-corrected chi connectivity index (χ2v) is 4.61. The molecule has 1 fully saturated rings. The van der Waals surface area contributed by atoms with Gasteiger partial charge in [0.2, 0.25) is 0 Å². The molecule has 1 aromatic rings. The summed E-state index contributed by atoms with van der Waals surface area (Å²) in [5.74, 6) is 0. The van der Waals surface area contributed by atoms with Crippen molar-refractivity contribution in [2.45, 2.75) is 0 Å². The third-order valence-corrected chi connectivity index (χ3v) is 3.93. The van der Waals surface area contributed by atoms with E-state index < -0.39 is 0 Å². The molecule has 0 spiro atoms. The van der Waals surface area contributed by atoms with Gasteiger partial charge in [-0.3, -0.25) is 0 Å². The van der Waals surface area contributed by atoms with Crippen molar-refractivity contribution in [3.8, 4) is 0 Å². The predicted octanol–water partition coefficient (Wildman–Crippen LogP) is 0.618. The van der Waals surface area contributed by atoms with Gasteiger partial charge in [-0.15, -0.1) is 0 Å². The van der Waals surface area contributed by atoms with Gasteiger partial charge >= 0.3 is 83.4 Å². The molecule has 0 atom stereocenters. The van der Waals surface area contributed by atoms with E-state index in [4.69, 9.17) is 4.74 Å².